The molecule has 0 unspecified atom stereocenters. The third-order valence-electron chi connectivity index (χ3n) is 3.58. The van der Waals surface area contributed by atoms with Gasteiger partial charge >= 0.3 is 0 Å². The van der Waals surface area contributed by atoms with E-state index >= 15 is 0 Å². The number of carbonyl (C=O) groups is 1. The van der Waals surface area contributed by atoms with Crippen LogP contribution in [-0.4, -0.2) is 19.0 Å². The van der Waals surface area contributed by atoms with Gasteiger partial charge < -0.3 is 16.0 Å². The lowest BCUT2D eigenvalue weighted by Gasteiger charge is -2.25. The Bertz CT molecular complexity index is 587. The van der Waals surface area contributed by atoms with Gasteiger partial charge in [-0.25, -0.2) is 0 Å². The molecule has 1 aromatic rings. The first-order valence-corrected chi connectivity index (χ1v) is 9.11. The zero-order valence-corrected chi connectivity index (χ0v) is 17.6. The molecule has 4 nitrogen and oxygen atoms in total. The van der Waals surface area contributed by atoms with Gasteiger partial charge in [-0.05, 0) is 29.0 Å². The van der Waals surface area contributed by atoms with Crippen molar-refractivity contribution in [3.8, 4) is 0 Å². The fraction of sp³-hybridized carbons (Fsp3) is 0.667. The van der Waals surface area contributed by atoms with Crippen LogP contribution in [0.3, 0.4) is 0 Å². The smallest absolute Gasteiger partial charge is 0.229 e. The molecule has 142 valence electrons. The summed E-state index contributed by atoms with van der Waals surface area (Å²) < 4.78 is 0. The van der Waals surface area contributed by atoms with E-state index in [0.29, 0.717) is 0 Å². The van der Waals surface area contributed by atoms with Gasteiger partial charge in [0.05, 0.1) is 11.4 Å². The van der Waals surface area contributed by atoms with Gasteiger partial charge in [0.15, 0.2) is 0 Å². The molecule has 0 radical (unpaired) electrons. The summed E-state index contributed by atoms with van der Waals surface area (Å²) in [4.78, 5) is 12.3. The summed E-state index contributed by atoms with van der Waals surface area (Å²) in [7, 11) is 0. The average Bonchev–Trinajstić information content (AvgIpc) is 2.41. The Labute approximate surface area is 154 Å². The molecule has 1 rings (SSSR count). The molecule has 0 bridgehead atoms. The van der Waals surface area contributed by atoms with E-state index in [1.165, 1.54) is 0 Å². The SMILES string of the molecule is CC(C)(C)CNc1ccc(NC(=O)C(C)(C)C)cc1NCC(C)(C)C. The highest BCUT2D eigenvalue weighted by atomic mass is 16.2. The fourth-order valence-corrected chi connectivity index (χ4v) is 1.96. The molecule has 3 N–H and O–H groups in total. The van der Waals surface area contributed by atoms with Crippen LogP contribution >= 0.6 is 0 Å². The van der Waals surface area contributed by atoms with Crippen molar-refractivity contribution >= 4 is 23.0 Å². The molecule has 0 aliphatic rings. The fourth-order valence-electron chi connectivity index (χ4n) is 1.96. The second-order valence-corrected chi connectivity index (χ2v) is 10.3. The van der Waals surface area contributed by atoms with Gasteiger partial charge in [-0.1, -0.05) is 62.3 Å². The Morgan fingerprint density at radius 2 is 1.28 bits per heavy atom. The van der Waals surface area contributed by atoms with Gasteiger partial charge in [0.25, 0.3) is 0 Å². The molecule has 25 heavy (non-hydrogen) atoms. The molecule has 0 aliphatic heterocycles. The van der Waals surface area contributed by atoms with Crippen LogP contribution in [0.15, 0.2) is 18.2 Å². The summed E-state index contributed by atoms with van der Waals surface area (Å²) in [6, 6.07) is 6.01. The van der Waals surface area contributed by atoms with Gasteiger partial charge in [0.2, 0.25) is 5.91 Å². The van der Waals surface area contributed by atoms with Crippen LogP contribution in [0.2, 0.25) is 0 Å². The topological polar surface area (TPSA) is 53.2 Å². The number of carbonyl (C=O) groups excluding carboxylic acids is 1. The second-order valence-electron chi connectivity index (χ2n) is 10.3. The molecular weight excluding hydrogens is 310 g/mol. The van der Waals surface area contributed by atoms with Gasteiger partial charge in [0.1, 0.15) is 0 Å². The second kappa shape index (κ2) is 7.67. The van der Waals surface area contributed by atoms with E-state index in [9.17, 15) is 4.79 Å². The normalized spacial score (nSPS) is 12.7. The minimum Gasteiger partial charge on any atom is -0.383 e. The zero-order chi connectivity index (χ0) is 19.5. The third kappa shape index (κ3) is 8.28. The number of hydrogen-bond donors (Lipinski definition) is 3. The highest BCUT2D eigenvalue weighted by Gasteiger charge is 2.21. The number of benzene rings is 1. The molecule has 0 spiro atoms. The van der Waals surface area contributed by atoms with Crippen molar-refractivity contribution in [2.75, 3.05) is 29.0 Å². The Balaban J connectivity index is 3.02. The van der Waals surface area contributed by atoms with Gasteiger partial charge in [0, 0.05) is 24.2 Å². The standard InChI is InChI=1S/C21H37N3O/c1-19(2,3)13-22-16-11-10-15(24-18(25)21(7,8)9)12-17(16)23-14-20(4,5)6/h10-12,22-23H,13-14H2,1-9H3,(H,24,25). The Kier molecular flexibility index (Phi) is 6.55. The lowest BCUT2D eigenvalue weighted by Crippen LogP contribution is -2.27. The van der Waals surface area contributed by atoms with Crippen molar-refractivity contribution in [1.29, 1.82) is 0 Å². The van der Waals surface area contributed by atoms with Crippen LogP contribution in [0.5, 0.6) is 0 Å². The summed E-state index contributed by atoms with van der Waals surface area (Å²) in [5.41, 5.74) is 2.85. The number of nitrogens with one attached hydrogen (secondary N) is 3. The third-order valence-corrected chi connectivity index (χ3v) is 3.58. The number of hydrogen-bond acceptors (Lipinski definition) is 3. The summed E-state index contributed by atoms with van der Waals surface area (Å²) in [5, 5.41) is 10.1. The minimum atomic E-state index is -0.415. The minimum absolute atomic E-state index is 0.0182. The van der Waals surface area contributed by atoms with E-state index in [2.05, 4.69) is 57.5 Å². The molecule has 0 fully saturated rings. The zero-order valence-electron chi connectivity index (χ0n) is 17.6. The molecule has 4 heteroatoms. The Hall–Kier alpha value is -1.71. The summed E-state index contributed by atoms with van der Waals surface area (Å²) in [6.07, 6.45) is 0. The number of rotatable bonds is 5. The van der Waals surface area contributed by atoms with Crippen LogP contribution in [0.25, 0.3) is 0 Å². The summed E-state index contributed by atoms with van der Waals surface area (Å²) in [6.45, 7) is 20.7. The Morgan fingerprint density at radius 1 is 0.800 bits per heavy atom. The first-order valence-electron chi connectivity index (χ1n) is 9.11. The molecule has 1 amide bonds. The predicted molar refractivity (Wildman–Crippen MR) is 110 cm³/mol. The summed E-state index contributed by atoms with van der Waals surface area (Å²) in [5.74, 6) is 0.0182. The first-order chi connectivity index (χ1) is 11.2. The molecule has 0 aromatic heterocycles. The van der Waals surface area contributed by atoms with Crippen LogP contribution in [0, 0.1) is 16.2 Å². The average molecular weight is 348 g/mol. The van der Waals surface area contributed by atoms with Gasteiger partial charge in [-0.3, -0.25) is 4.79 Å². The van der Waals surface area contributed by atoms with Crippen molar-refractivity contribution < 1.29 is 4.79 Å². The van der Waals surface area contributed by atoms with Crippen molar-refractivity contribution in [2.24, 2.45) is 16.2 Å². The number of anilines is 3. The summed E-state index contributed by atoms with van der Waals surface area (Å²) >= 11 is 0. The predicted octanol–water partition coefficient (Wildman–Crippen LogP) is 5.59. The van der Waals surface area contributed by atoms with Crippen LogP contribution in [0.4, 0.5) is 17.1 Å². The van der Waals surface area contributed by atoms with E-state index in [-0.39, 0.29) is 16.7 Å². The molecule has 0 heterocycles. The molecule has 0 saturated carbocycles. The maximum Gasteiger partial charge on any atom is 0.229 e. The van der Waals surface area contributed by atoms with Crippen LogP contribution < -0.4 is 16.0 Å². The Morgan fingerprint density at radius 3 is 1.72 bits per heavy atom. The molecule has 1 aromatic carbocycles. The molecule has 0 saturated heterocycles. The van der Waals surface area contributed by atoms with Gasteiger partial charge in [-0.2, -0.15) is 0 Å². The quantitative estimate of drug-likeness (QED) is 0.651. The van der Waals surface area contributed by atoms with Gasteiger partial charge in [-0.15, -0.1) is 0 Å². The molecular formula is C21H37N3O. The van der Waals surface area contributed by atoms with E-state index in [1.807, 2.05) is 39.0 Å². The molecule has 0 atom stereocenters. The lowest BCUT2D eigenvalue weighted by atomic mass is 9.95. The van der Waals surface area contributed by atoms with E-state index < -0.39 is 5.41 Å². The van der Waals surface area contributed by atoms with E-state index in [4.69, 9.17) is 0 Å². The first kappa shape index (κ1) is 21.3. The van der Waals surface area contributed by atoms with E-state index in [0.717, 1.165) is 30.2 Å². The van der Waals surface area contributed by atoms with E-state index in [1.54, 1.807) is 0 Å². The lowest BCUT2D eigenvalue weighted by molar-refractivity contribution is -0.123. The van der Waals surface area contributed by atoms with Crippen molar-refractivity contribution in [3.63, 3.8) is 0 Å². The van der Waals surface area contributed by atoms with Crippen molar-refractivity contribution in [1.82, 2.24) is 0 Å². The number of amides is 1. The largest absolute Gasteiger partial charge is 0.383 e. The van der Waals surface area contributed by atoms with Crippen LogP contribution in [-0.2, 0) is 4.79 Å². The highest BCUT2D eigenvalue weighted by molar-refractivity contribution is 5.95. The highest BCUT2D eigenvalue weighted by Crippen LogP contribution is 2.29. The van der Waals surface area contributed by atoms with Crippen LogP contribution in [0.1, 0.15) is 62.3 Å². The van der Waals surface area contributed by atoms with Crippen molar-refractivity contribution in [2.45, 2.75) is 62.3 Å². The maximum absolute atomic E-state index is 12.3. The molecule has 0 aliphatic carbocycles. The maximum atomic E-state index is 12.3. The monoisotopic (exact) mass is 347 g/mol. The van der Waals surface area contributed by atoms with Crippen molar-refractivity contribution in [3.05, 3.63) is 18.2 Å².